The molecule has 0 aliphatic carbocycles. The summed E-state index contributed by atoms with van der Waals surface area (Å²) < 4.78 is 50.1. The van der Waals surface area contributed by atoms with Gasteiger partial charge in [-0.15, -0.1) is 11.3 Å². The van der Waals surface area contributed by atoms with Gasteiger partial charge in [-0.25, -0.2) is 4.79 Å². The van der Waals surface area contributed by atoms with E-state index in [2.05, 4.69) is 10.6 Å². The van der Waals surface area contributed by atoms with Gasteiger partial charge < -0.3 is 20.1 Å². The Kier molecular flexibility index (Phi) is 8.59. The number of rotatable bonds is 8. The highest BCUT2D eigenvalue weighted by Gasteiger charge is 2.34. The number of hydrogen-bond acceptors (Lipinski definition) is 6. The number of ether oxygens (including phenoxy) is 2. The molecule has 0 unspecified atom stereocenters. The molecule has 0 radical (unpaired) electrons. The molecule has 7 nitrogen and oxygen atoms in total. The largest absolute Gasteiger partial charge is 0.481 e. The Morgan fingerprint density at radius 2 is 1.65 bits per heavy atom. The molecule has 2 aromatic carbocycles. The molecule has 0 spiro atoms. The number of anilines is 2. The summed E-state index contributed by atoms with van der Waals surface area (Å²) in [5.41, 5.74) is -0.0313. The molecule has 196 valence electrons. The Bertz CT molecular complexity index is 1300. The van der Waals surface area contributed by atoms with Crippen LogP contribution in [0.25, 0.3) is 0 Å². The lowest BCUT2D eigenvalue weighted by atomic mass is 10.1. The average molecular weight is 535 g/mol. The minimum atomic E-state index is -4.62. The second-order valence-corrected chi connectivity index (χ2v) is 9.20. The maximum Gasteiger partial charge on any atom is 0.418 e. The lowest BCUT2D eigenvalue weighted by Crippen LogP contribution is -2.31. The predicted octanol–water partition coefficient (Wildman–Crippen LogP) is 6.22. The molecule has 0 bridgehead atoms. The highest BCUT2D eigenvalue weighted by atomic mass is 32.1. The maximum absolute atomic E-state index is 13.2. The van der Waals surface area contributed by atoms with Gasteiger partial charge in [0.1, 0.15) is 10.8 Å². The Hall–Kier alpha value is -3.86. The normalized spacial score (nSPS) is 12.0. The van der Waals surface area contributed by atoms with E-state index in [1.54, 1.807) is 13.8 Å². The van der Waals surface area contributed by atoms with Crippen molar-refractivity contribution in [2.75, 3.05) is 17.2 Å². The number of nitrogens with one attached hydrogen (secondary N) is 2. The first-order valence-corrected chi connectivity index (χ1v) is 12.1. The highest BCUT2D eigenvalue weighted by Crippen LogP contribution is 2.35. The van der Waals surface area contributed by atoms with Gasteiger partial charge >= 0.3 is 12.1 Å². The molecule has 0 aliphatic rings. The minimum absolute atomic E-state index is 0.202. The predicted molar refractivity (Wildman–Crippen MR) is 134 cm³/mol. The molecular formula is C26H25F3N2O5S. The van der Waals surface area contributed by atoms with Crippen molar-refractivity contribution >= 4 is 39.8 Å². The molecule has 1 aromatic heterocycles. The van der Waals surface area contributed by atoms with Gasteiger partial charge in [-0.3, -0.25) is 9.59 Å². The van der Waals surface area contributed by atoms with Crippen LogP contribution in [-0.2, 0) is 15.7 Å². The first-order chi connectivity index (χ1) is 17.4. The van der Waals surface area contributed by atoms with Crippen LogP contribution in [0.5, 0.6) is 5.75 Å². The van der Waals surface area contributed by atoms with E-state index < -0.39 is 35.6 Å². The van der Waals surface area contributed by atoms with E-state index in [4.69, 9.17) is 9.47 Å². The van der Waals surface area contributed by atoms with E-state index in [0.717, 1.165) is 22.6 Å². The summed E-state index contributed by atoms with van der Waals surface area (Å²) in [5.74, 6) is -1.52. The molecule has 0 aliphatic heterocycles. The molecule has 0 fully saturated rings. The van der Waals surface area contributed by atoms with Crippen molar-refractivity contribution in [1.29, 1.82) is 0 Å². The van der Waals surface area contributed by atoms with Crippen LogP contribution < -0.4 is 15.4 Å². The van der Waals surface area contributed by atoms with Gasteiger partial charge in [0.2, 0.25) is 0 Å². The van der Waals surface area contributed by atoms with E-state index in [9.17, 15) is 27.6 Å². The SMILES string of the molecule is CCOC(=O)c1c(NC(=O)c2ccc(O[C@H](C)C(=O)Nc3ccccc3C(F)(F)F)cc2)sc(C)c1C. The summed E-state index contributed by atoms with van der Waals surface area (Å²) in [6, 6.07) is 10.5. The molecule has 0 saturated heterocycles. The monoisotopic (exact) mass is 534 g/mol. The third kappa shape index (κ3) is 6.67. The molecule has 2 amide bonds. The lowest BCUT2D eigenvalue weighted by molar-refractivity contribution is -0.137. The molecular weight excluding hydrogens is 509 g/mol. The van der Waals surface area contributed by atoms with E-state index >= 15 is 0 Å². The van der Waals surface area contributed by atoms with Crippen LogP contribution in [0.15, 0.2) is 48.5 Å². The Morgan fingerprint density at radius 3 is 2.27 bits per heavy atom. The molecule has 3 rings (SSSR count). The van der Waals surface area contributed by atoms with Crippen molar-refractivity contribution in [3.8, 4) is 5.75 Å². The number of alkyl halides is 3. The number of thiophene rings is 1. The summed E-state index contributed by atoms with van der Waals surface area (Å²) >= 11 is 1.26. The van der Waals surface area contributed by atoms with Gasteiger partial charge in [0.15, 0.2) is 6.10 Å². The van der Waals surface area contributed by atoms with Crippen molar-refractivity contribution in [3.05, 3.63) is 75.7 Å². The Balaban J connectivity index is 1.66. The molecule has 1 atom stereocenters. The van der Waals surface area contributed by atoms with Crippen molar-refractivity contribution in [2.45, 2.75) is 40.0 Å². The van der Waals surface area contributed by atoms with Crippen LogP contribution in [0.2, 0.25) is 0 Å². The number of carbonyl (C=O) groups excluding carboxylic acids is 3. The van der Waals surface area contributed by atoms with Crippen LogP contribution in [-0.4, -0.2) is 30.5 Å². The number of hydrogen-bond donors (Lipinski definition) is 2. The van der Waals surface area contributed by atoms with Crippen LogP contribution in [0.3, 0.4) is 0 Å². The summed E-state index contributed by atoms with van der Waals surface area (Å²) in [5, 5.41) is 5.35. The van der Waals surface area contributed by atoms with Crippen molar-refractivity contribution in [2.24, 2.45) is 0 Å². The maximum atomic E-state index is 13.2. The number of benzene rings is 2. The van der Waals surface area contributed by atoms with Crippen LogP contribution in [0.1, 0.15) is 50.6 Å². The van der Waals surface area contributed by atoms with E-state index in [0.29, 0.717) is 10.6 Å². The Morgan fingerprint density at radius 1 is 1.00 bits per heavy atom. The zero-order chi connectivity index (χ0) is 27.3. The average Bonchev–Trinajstić information content (AvgIpc) is 3.11. The van der Waals surface area contributed by atoms with Crippen molar-refractivity contribution in [3.63, 3.8) is 0 Å². The number of para-hydroxylation sites is 1. The van der Waals surface area contributed by atoms with Gasteiger partial charge in [-0.1, -0.05) is 12.1 Å². The highest BCUT2D eigenvalue weighted by molar-refractivity contribution is 7.16. The zero-order valence-electron chi connectivity index (χ0n) is 20.5. The second kappa shape index (κ2) is 11.5. The molecule has 37 heavy (non-hydrogen) atoms. The fraction of sp³-hybridized carbons (Fsp3) is 0.269. The topological polar surface area (TPSA) is 93.7 Å². The smallest absolute Gasteiger partial charge is 0.418 e. The third-order valence-electron chi connectivity index (χ3n) is 5.38. The van der Waals surface area contributed by atoms with E-state index in [1.165, 1.54) is 54.7 Å². The second-order valence-electron chi connectivity index (χ2n) is 7.98. The first kappa shape index (κ1) is 27.7. The van der Waals surface area contributed by atoms with Gasteiger partial charge in [-0.05, 0) is 69.7 Å². The number of halogens is 3. The standard InChI is InChI=1S/C26H25F3N2O5S/c1-5-35-25(34)21-14(2)16(4)37-24(21)31-23(33)17-10-12-18(13-11-17)36-15(3)22(32)30-20-9-7-6-8-19(20)26(27,28)29/h6-13,15H,5H2,1-4H3,(H,30,32)(H,31,33)/t15-/m1/s1. The molecule has 11 heteroatoms. The molecule has 0 saturated carbocycles. The molecule has 3 aromatic rings. The van der Waals surface area contributed by atoms with Crippen molar-refractivity contribution < 1.29 is 37.0 Å². The summed E-state index contributed by atoms with van der Waals surface area (Å²) in [4.78, 5) is 38.4. The first-order valence-electron chi connectivity index (χ1n) is 11.2. The summed E-state index contributed by atoms with van der Waals surface area (Å²) in [6.07, 6.45) is -5.74. The van der Waals surface area contributed by atoms with E-state index in [-0.39, 0.29) is 23.6 Å². The van der Waals surface area contributed by atoms with Gasteiger partial charge in [0.05, 0.1) is 23.4 Å². The fourth-order valence-electron chi connectivity index (χ4n) is 3.36. The molecule has 2 N–H and O–H groups in total. The summed E-state index contributed by atoms with van der Waals surface area (Å²) in [6.45, 7) is 6.90. The Labute approximate surface area is 215 Å². The third-order valence-corrected chi connectivity index (χ3v) is 6.50. The number of amides is 2. The lowest BCUT2D eigenvalue weighted by Gasteiger charge is -2.17. The fourth-order valence-corrected chi connectivity index (χ4v) is 4.40. The van der Waals surface area contributed by atoms with Crippen LogP contribution in [0, 0.1) is 13.8 Å². The van der Waals surface area contributed by atoms with Gasteiger partial charge in [0, 0.05) is 10.4 Å². The number of carbonyl (C=O) groups is 3. The zero-order valence-corrected chi connectivity index (χ0v) is 21.3. The number of esters is 1. The summed E-state index contributed by atoms with van der Waals surface area (Å²) in [7, 11) is 0. The van der Waals surface area contributed by atoms with E-state index in [1.807, 2.05) is 6.92 Å². The molecule has 1 heterocycles. The van der Waals surface area contributed by atoms with Crippen molar-refractivity contribution in [1.82, 2.24) is 0 Å². The minimum Gasteiger partial charge on any atom is -0.481 e. The van der Waals surface area contributed by atoms with Crippen LogP contribution >= 0.6 is 11.3 Å². The van der Waals surface area contributed by atoms with Gasteiger partial charge in [0.25, 0.3) is 11.8 Å². The quantitative estimate of drug-likeness (QED) is 0.335. The van der Waals surface area contributed by atoms with Gasteiger partial charge in [-0.2, -0.15) is 13.2 Å². The number of aryl methyl sites for hydroxylation is 1. The van der Waals surface area contributed by atoms with Crippen LogP contribution in [0.4, 0.5) is 23.9 Å².